The number of guanidine groups is 1. The quantitative estimate of drug-likeness (QED) is 0.411. The highest BCUT2D eigenvalue weighted by molar-refractivity contribution is 14.0. The number of rotatable bonds is 7. The zero-order chi connectivity index (χ0) is 14.9. The topological polar surface area (TPSA) is 67.4 Å². The van der Waals surface area contributed by atoms with E-state index >= 15 is 0 Å². The molecule has 0 radical (unpaired) electrons. The minimum Gasteiger partial charge on any atom is -0.469 e. The van der Waals surface area contributed by atoms with Crippen molar-refractivity contribution in [1.82, 2.24) is 20.4 Å². The average Bonchev–Trinajstić information content (AvgIpc) is 3.11. The molecule has 0 fully saturated rings. The normalized spacial score (nSPS) is 11.1. The van der Waals surface area contributed by atoms with Crippen LogP contribution in [0.2, 0.25) is 0 Å². The van der Waals surface area contributed by atoms with Crippen LogP contribution in [0, 0.1) is 0 Å². The van der Waals surface area contributed by atoms with Crippen LogP contribution >= 0.6 is 24.0 Å². The van der Waals surface area contributed by atoms with Crippen LogP contribution in [-0.2, 0) is 19.9 Å². The highest BCUT2D eigenvalue weighted by atomic mass is 127. The monoisotopic (exact) mass is 417 g/mol. The van der Waals surface area contributed by atoms with Gasteiger partial charge in [-0.3, -0.25) is 9.67 Å². The maximum Gasteiger partial charge on any atom is 0.191 e. The Morgan fingerprint density at radius 2 is 2.18 bits per heavy atom. The predicted octanol–water partition coefficient (Wildman–Crippen LogP) is 1.97. The summed E-state index contributed by atoms with van der Waals surface area (Å²) in [6.45, 7) is 4.43. The van der Waals surface area contributed by atoms with Crippen LogP contribution in [0.1, 0.15) is 18.4 Å². The van der Waals surface area contributed by atoms with Gasteiger partial charge in [0.1, 0.15) is 5.76 Å². The van der Waals surface area contributed by atoms with Crippen molar-refractivity contribution in [2.75, 3.05) is 19.6 Å². The zero-order valence-electron chi connectivity index (χ0n) is 13.1. The van der Waals surface area contributed by atoms with E-state index in [9.17, 15) is 0 Å². The van der Waals surface area contributed by atoms with Crippen LogP contribution in [0.4, 0.5) is 0 Å². The number of nitrogens with zero attached hydrogens (tertiary/aromatic N) is 3. The Morgan fingerprint density at radius 1 is 1.32 bits per heavy atom. The number of halogens is 1. The molecule has 0 saturated carbocycles. The first-order valence-corrected chi connectivity index (χ1v) is 7.31. The van der Waals surface area contributed by atoms with Crippen molar-refractivity contribution in [3.05, 3.63) is 42.1 Å². The van der Waals surface area contributed by atoms with Gasteiger partial charge >= 0.3 is 0 Å². The fourth-order valence-corrected chi connectivity index (χ4v) is 2.03. The molecule has 0 aliphatic heterocycles. The number of aliphatic imine (C=N–C) groups is 1. The van der Waals surface area contributed by atoms with E-state index in [0.29, 0.717) is 6.54 Å². The maximum atomic E-state index is 5.30. The molecule has 0 unspecified atom stereocenters. The van der Waals surface area contributed by atoms with Crippen LogP contribution in [0.15, 0.2) is 40.1 Å². The molecule has 2 aromatic rings. The first kappa shape index (κ1) is 18.5. The summed E-state index contributed by atoms with van der Waals surface area (Å²) in [5.74, 6) is 1.80. The van der Waals surface area contributed by atoms with Crippen molar-refractivity contribution in [3.63, 3.8) is 0 Å². The van der Waals surface area contributed by atoms with Gasteiger partial charge in [0.15, 0.2) is 5.96 Å². The number of nitrogens with one attached hydrogen (secondary N) is 2. The second-order valence-electron chi connectivity index (χ2n) is 4.71. The fraction of sp³-hybridized carbons (Fsp3) is 0.467. The Hall–Kier alpha value is -1.51. The SMILES string of the molecule is CCNC(=NCCc1ccco1)NCCc1ccnn1C.I. The Balaban J connectivity index is 0.00000242. The van der Waals surface area contributed by atoms with Gasteiger partial charge < -0.3 is 15.1 Å². The van der Waals surface area contributed by atoms with Crippen LogP contribution in [0.25, 0.3) is 0 Å². The minimum absolute atomic E-state index is 0. The van der Waals surface area contributed by atoms with Crippen molar-refractivity contribution in [1.29, 1.82) is 0 Å². The van der Waals surface area contributed by atoms with Gasteiger partial charge in [0.25, 0.3) is 0 Å². The summed E-state index contributed by atoms with van der Waals surface area (Å²) in [4.78, 5) is 4.54. The summed E-state index contributed by atoms with van der Waals surface area (Å²) >= 11 is 0. The summed E-state index contributed by atoms with van der Waals surface area (Å²) in [6.07, 6.45) is 5.23. The lowest BCUT2D eigenvalue weighted by Crippen LogP contribution is -2.38. The average molecular weight is 417 g/mol. The van der Waals surface area contributed by atoms with E-state index < -0.39 is 0 Å². The molecule has 0 aromatic carbocycles. The van der Waals surface area contributed by atoms with E-state index in [1.165, 1.54) is 5.69 Å². The van der Waals surface area contributed by atoms with Crippen molar-refractivity contribution >= 4 is 29.9 Å². The van der Waals surface area contributed by atoms with E-state index in [1.54, 1.807) is 6.26 Å². The third-order valence-electron chi connectivity index (χ3n) is 3.15. The lowest BCUT2D eigenvalue weighted by atomic mass is 10.3. The molecule has 0 aliphatic rings. The van der Waals surface area contributed by atoms with Gasteiger partial charge in [-0.25, -0.2) is 0 Å². The maximum absolute atomic E-state index is 5.30. The Kier molecular flexibility index (Phi) is 8.64. The van der Waals surface area contributed by atoms with E-state index in [4.69, 9.17) is 4.42 Å². The van der Waals surface area contributed by atoms with Crippen molar-refractivity contribution < 1.29 is 4.42 Å². The lowest BCUT2D eigenvalue weighted by molar-refractivity contribution is 0.510. The summed E-state index contributed by atoms with van der Waals surface area (Å²) in [5.41, 5.74) is 1.20. The van der Waals surface area contributed by atoms with Gasteiger partial charge in [-0.1, -0.05) is 0 Å². The molecule has 0 atom stereocenters. The molecule has 2 aromatic heterocycles. The Labute approximate surface area is 148 Å². The zero-order valence-corrected chi connectivity index (χ0v) is 15.4. The van der Waals surface area contributed by atoms with Crippen LogP contribution < -0.4 is 10.6 Å². The second kappa shape index (κ2) is 10.3. The van der Waals surface area contributed by atoms with E-state index in [-0.39, 0.29) is 24.0 Å². The van der Waals surface area contributed by atoms with E-state index in [0.717, 1.165) is 37.7 Å². The van der Waals surface area contributed by atoms with E-state index in [2.05, 4.69) is 27.6 Å². The smallest absolute Gasteiger partial charge is 0.191 e. The van der Waals surface area contributed by atoms with Crippen molar-refractivity contribution in [2.24, 2.45) is 12.0 Å². The van der Waals surface area contributed by atoms with Gasteiger partial charge in [-0.05, 0) is 25.1 Å². The molecule has 0 spiro atoms. The molecule has 6 nitrogen and oxygen atoms in total. The van der Waals surface area contributed by atoms with Gasteiger partial charge in [-0.15, -0.1) is 24.0 Å². The molecule has 122 valence electrons. The molecule has 0 saturated heterocycles. The minimum atomic E-state index is 0. The van der Waals surface area contributed by atoms with Crippen LogP contribution in [0.3, 0.4) is 0 Å². The summed E-state index contributed by atoms with van der Waals surface area (Å²) in [5, 5.41) is 10.7. The first-order valence-electron chi connectivity index (χ1n) is 7.31. The molecular weight excluding hydrogens is 393 g/mol. The molecule has 7 heteroatoms. The standard InChI is InChI=1S/C15H23N5O.HI/c1-3-16-15(18-10-8-14-5-4-12-21-14)17-9-6-13-7-11-19-20(13)2;/h4-5,7,11-12H,3,6,8-10H2,1-2H3,(H2,16,17,18);1H. The number of furan rings is 1. The van der Waals surface area contributed by atoms with Crippen molar-refractivity contribution in [3.8, 4) is 0 Å². The van der Waals surface area contributed by atoms with Crippen LogP contribution in [-0.4, -0.2) is 35.4 Å². The third-order valence-corrected chi connectivity index (χ3v) is 3.15. The number of hydrogen-bond acceptors (Lipinski definition) is 3. The van der Waals surface area contributed by atoms with Gasteiger partial charge in [0, 0.05) is 51.4 Å². The molecule has 2 rings (SSSR count). The largest absolute Gasteiger partial charge is 0.469 e. The summed E-state index contributed by atoms with van der Waals surface area (Å²) in [7, 11) is 1.96. The number of aryl methyl sites for hydroxylation is 1. The molecule has 2 N–H and O–H groups in total. The summed E-state index contributed by atoms with van der Waals surface area (Å²) in [6, 6.07) is 5.90. The van der Waals surface area contributed by atoms with Gasteiger partial charge in [0.05, 0.1) is 6.26 Å². The lowest BCUT2D eigenvalue weighted by Gasteiger charge is -2.11. The second-order valence-corrected chi connectivity index (χ2v) is 4.71. The predicted molar refractivity (Wildman–Crippen MR) is 98.7 cm³/mol. The van der Waals surface area contributed by atoms with E-state index in [1.807, 2.05) is 36.1 Å². The molecule has 0 aliphatic carbocycles. The molecular formula is C15H24IN5O. The van der Waals surface area contributed by atoms with Crippen LogP contribution in [0.5, 0.6) is 0 Å². The highest BCUT2D eigenvalue weighted by Gasteiger charge is 2.01. The molecule has 2 heterocycles. The molecule has 0 amide bonds. The van der Waals surface area contributed by atoms with Gasteiger partial charge in [-0.2, -0.15) is 5.10 Å². The highest BCUT2D eigenvalue weighted by Crippen LogP contribution is 2.00. The molecule has 22 heavy (non-hydrogen) atoms. The fourth-order valence-electron chi connectivity index (χ4n) is 2.03. The first-order chi connectivity index (χ1) is 10.3. The number of hydrogen-bond donors (Lipinski definition) is 2. The Morgan fingerprint density at radius 3 is 2.82 bits per heavy atom. The third kappa shape index (κ3) is 6.08. The molecule has 0 bridgehead atoms. The summed E-state index contributed by atoms with van der Waals surface area (Å²) < 4.78 is 7.19. The number of aromatic nitrogens is 2. The van der Waals surface area contributed by atoms with Gasteiger partial charge in [0.2, 0.25) is 0 Å². The van der Waals surface area contributed by atoms with Crippen molar-refractivity contribution in [2.45, 2.75) is 19.8 Å². The Bertz CT molecular complexity index is 550.